The zero-order valence-electron chi connectivity index (χ0n) is 14.1. The standard InChI is InChI=1S/C18H27N3/c1-12(2)19-9-17-10-21(20-16(17)6)11-18-14(4)7-13(3)8-15(18)5/h7-8,10,12,19H,9,11H2,1-6H3. The van der Waals surface area contributed by atoms with Crippen molar-refractivity contribution in [3.05, 3.63) is 51.8 Å². The van der Waals surface area contributed by atoms with Crippen LogP contribution in [0.25, 0.3) is 0 Å². The van der Waals surface area contributed by atoms with E-state index in [9.17, 15) is 0 Å². The van der Waals surface area contributed by atoms with Gasteiger partial charge in [0, 0.05) is 24.3 Å². The van der Waals surface area contributed by atoms with Crippen LogP contribution in [0.2, 0.25) is 0 Å². The molecule has 1 N–H and O–H groups in total. The predicted octanol–water partition coefficient (Wildman–Crippen LogP) is 3.66. The second-order valence-corrected chi connectivity index (χ2v) is 6.35. The van der Waals surface area contributed by atoms with E-state index in [0.717, 1.165) is 18.8 Å². The number of rotatable bonds is 5. The molecule has 3 nitrogen and oxygen atoms in total. The fourth-order valence-electron chi connectivity index (χ4n) is 2.75. The zero-order valence-corrected chi connectivity index (χ0v) is 14.1. The van der Waals surface area contributed by atoms with Gasteiger partial charge in [0.05, 0.1) is 12.2 Å². The zero-order chi connectivity index (χ0) is 15.6. The maximum absolute atomic E-state index is 4.67. The smallest absolute Gasteiger partial charge is 0.0664 e. The van der Waals surface area contributed by atoms with Crippen LogP contribution in [0.1, 0.15) is 47.4 Å². The molecule has 1 heterocycles. The molecule has 0 amide bonds. The van der Waals surface area contributed by atoms with Crippen LogP contribution < -0.4 is 5.32 Å². The Morgan fingerprint density at radius 2 is 1.71 bits per heavy atom. The number of hydrogen-bond acceptors (Lipinski definition) is 2. The quantitative estimate of drug-likeness (QED) is 0.908. The maximum atomic E-state index is 4.67. The minimum Gasteiger partial charge on any atom is -0.310 e. The van der Waals surface area contributed by atoms with Crippen LogP contribution in [0.5, 0.6) is 0 Å². The first kappa shape index (κ1) is 15.8. The Balaban J connectivity index is 2.19. The van der Waals surface area contributed by atoms with Crippen molar-refractivity contribution >= 4 is 0 Å². The van der Waals surface area contributed by atoms with Crippen molar-refractivity contribution in [1.82, 2.24) is 15.1 Å². The van der Waals surface area contributed by atoms with Gasteiger partial charge in [-0.1, -0.05) is 31.5 Å². The monoisotopic (exact) mass is 285 g/mol. The van der Waals surface area contributed by atoms with E-state index in [1.54, 1.807) is 0 Å². The van der Waals surface area contributed by atoms with Gasteiger partial charge in [-0.05, 0) is 44.4 Å². The summed E-state index contributed by atoms with van der Waals surface area (Å²) in [7, 11) is 0. The maximum Gasteiger partial charge on any atom is 0.0664 e. The molecule has 0 bridgehead atoms. The topological polar surface area (TPSA) is 29.9 Å². The van der Waals surface area contributed by atoms with Crippen LogP contribution in [-0.2, 0) is 13.1 Å². The molecule has 0 aliphatic carbocycles. The second-order valence-electron chi connectivity index (χ2n) is 6.35. The largest absolute Gasteiger partial charge is 0.310 e. The molecule has 3 heteroatoms. The summed E-state index contributed by atoms with van der Waals surface area (Å²) in [6, 6.07) is 4.99. The Labute approximate surface area is 128 Å². The van der Waals surface area contributed by atoms with E-state index in [1.807, 2.05) is 0 Å². The van der Waals surface area contributed by atoms with Crippen molar-refractivity contribution in [3.8, 4) is 0 Å². The number of nitrogens with one attached hydrogen (secondary N) is 1. The van der Waals surface area contributed by atoms with E-state index >= 15 is 0 Å². The van der Waals surface area contributed by atoms with Crippen molar-refractivity contribution in [3.63, 3.8) is 0 Å². The number of hydrogen-bond donors (Lipinski definition) is 1. The summed E-state index contributed by atoms with van der Waals surface area (Å²) < 4.78 is 2.07. The van der Waals surface area contributed by atoms with Gasteiger partial charge in [-0.3, -0.25) is 4.68 Å². The molecule has 0 fully saturated rings. The third-order valence-electron chi connectivity index (χ3n) is 3.91. The van der Waals surface area contributed by atoms with Crippen molar-refractivity contribution in [2.75, 3.05) is 0 Å². The summed E-state index contributed by atoms with van der Waals surface area (Å²) in [5, 5.41) is 8.12. The summed E-state index contributed by atoms with van der Waals surface area (Å²) in [5.41, 5.74) is 7.81. The summed E-state index contributed by atoms with van der Waals surface area (Å²) in [6.07, 6.45) is 2.17. The molecule has 0 radical (unpaired) electrons. The van der Waals surface area contributed by atoms with Crippen LogP contribution in [-0.4, -0.2) is 15.8 Å². The Kier molecular flexibility index (Phi) is 4.84. The van der Waals surface area contributed by atoms with Gasteiger partial charge in [0.1, 0.15) is 0 Å². The first-order chi connectivity index (χ1) is 9.86. The summed E-state index contributed by atoms with van der Waals surface area (Å²) in [4.78, 5) is 0. The van der Waals surface area contributed by atoms with E-state index in [0.29, 0.717) is 6.04 Å². The number of aromatic nitrogens is 2. The highest BCUT2D eigenvalue weighted by Gasteiger charge is 2.09. The highest BCUT2D eigenvalue weighted by atomic mass is 15.3. The van der Waals surface area contributed by atoms with Crippen LogP contribution >= 0.6 is 0 Å². The summed E-state index contributed by atoms with van der Waals surface area (Å²) in [5.74, 6) is 0. The van der Waals surface area contributed by atoms with Crippen LogP contribution in [0.4, 0.5) is 0 Å². The first-order valence-corrected chi connectivity index (χ1v) is 7.70. The fourth-order valence-corrected chi connectivity index (χ4v) is 2.75. The Bertz CT molecular complexity index is 600. The minimum absolute atomic E-state index is 0.495. The Morgan fingerprint density at radius 1 is 1.10 bits per heavy atom. The van der Waals surface area contributed by atoms with Crippen molar-refractivity contribution in [1.29, 1.82) is 0 Å². The molecular formula is C18H27N3. The molecule has 0 atom stereocenters. The Hall–Kier alpha value is -1.61. The van der Waals surface area contributed by atoms with Gasteiger partial charge in [-0.15, -0.1) is 0 Å². The lowest BCUT2D eigenvalue weighted by molar-refractivity contribution is 0.587. The molecule has 2 aromatic rings. The van der Waals surface area contributed by atoms with Crippen LogP contribution in [0, 0.1) is 27.7 Å². The van der Waals surface area contributed by atoms with Crippen molar-refractivity contribution in [2.45, 2.75) is 60.7 Å². The molecular weight excluding hydrogens is 258 g/mol. The van der Waals surface area contributed by atoms with Crippen molar-refractivity contribution in [2.24, 2.45) is 0 Å². The molecule has 1 aromatic carbocycles. The molecule has 0 unspecified atom stereocenters. The SMILES string of the molecule is Cc1cc(C)c(Cn2cc(CNC(C)C)c(C)n2)c(C)c1. The molecule has 114 valence electrons. The molecule has 2 rings (SSSR count). The number of aryl methyl sites for hydroxylation is 4. The van der Waals surface area contributed by atoms with E-state index in [2.05, 4.69) is 75.0 Å². The first-order valence-electron chi connectivity index (χ1n) is 7.70. The lowest BCUT2D eigenvalue weighted by Gasteiger charge is -2.11. The van der Waals surface area contributed by atoms with E-state index in [-0.39, 0.29) is 0 Å². The predicted molar refractivity (Wildman–Crippen MR) is 88.7 cm³/mol. The molecule has 0 aliphatic heterocycles. The highest BCUT2D eigenvalue weighted by molar-refractivity contribution is 5.37. The van der Waals surface area contributed by atoms with Gasteiger partial charge in [-0.25, -0.2) is 0 Å². The molecule has 0 spiro atoms. The lowest BCUT2D eigenvalue weighted by Crippen LogP contribution is -2.21. The minimum atomic E-state index is 0.495. The van der Waals surface area contributed by atoms with Gasteiger partial charge in [0.25, 0.3) is 0 Å². The van der Waals surface area contributed by atoms with Crippen LogP contribution in [0.15, 0.2) is 18.3 Å². The number of nitrogens with zero attached hydrogens (tertiary/aromatic N) is 2. The fraction of sp³-hybridized carbons (Fsp3) is 0.500. The summed E-state index contributed by atoms with van der Waals surface area (Å²) >= 11 is 0. The van der Waals surface area contributed by atoms with E-state index in [1.165, 1.54) is 27.8 Å². The highest BCUT2D eigenvalue weighted by Crippen LogP contribution is 2.18. The van der Waals surface area contributed by atoms with E-state index < -0.39 is 0 Å². The molecule has 0 saturated heterocycles. The average molecular weight is 285 g/mol. The molecule has 0 aliphatic rings. The molecule has 21 heavy (non-hydrogen) atoms. The lowest BCUT2D eigenvalue weighted by atomic mass is 10.00. The average Bonchev–Trinajstić information content (AvgIpc) is 2.71. The van der Waals surface area contributed by atoms with Gasteiger partial charge in [0.2, 0.25) is 0 Å². The van der Waals surface area contributed by atoms with Gasteiger partial charge in [-0.2, -0.15) is 5.10 Å². The second kappa shape index (κ2) is 6.44. The molecule has 1 aromatic heterocycles. The van der Waals surface area contributed by atoms with Gasteiger partial charge >= 0.3 is 0 Å². The van der Waals surface area contributed by atoms with Gasteiger partial charge in [0.15, 0.2) is 0 Å². The molecule has 0 saturated carbocycles. The third-order valence-corrected chi connectivity index (χ3v) is 3.91. The third kappa shape index (κ3) is 3.94. The Morgan fingerprint density at radius 3 is 2.29 bits per heavy atom. The van der Waals surface area contributed by atoms with Gasteiger partial charge < -0.3 is 5.32 Å². The van der Waals surface area contributed by atoms with Crippen LogP contribution in [0.3, 0.4) is 0 Å². The van der Waals surface area contributed by atoms with Crippen molar-refractivity contribution < 1.29 is 0 Å². The van der Waals surface area contributed by atoms with E-state index in [4.69, 9.17) is 0 Å². The normalized spacial score (nSPS) is 11.4. The summed E-state index contributed by atoms with van der Waals surface area (Å²) in [6.45, 7) is 14.7. The number of benzene rings is 1.